The van der Waals surface area contributed by atoms with E-state index in [1.54, 1.807) is 6.92 Å². The molecule has 2 nitrogen and oxygen atoms in total. The molecule has 0 aliphatic rings. The third-order valence-electron chi connectivity index (χ3n) is 2.65. The van der Waals surface area contributed by atoms with Crippen molar-refractivity contribution in [3.63, 3.8) is 0 Å². The number of aliphatic hydroxyl groups excluding tert-OH is 1. The van der Waals surface area contributed by atoms with Crippen LogP contribution in [0.2, 0.25) is 0 Å². The van der Waals surface area contributed by atoms with Crippen LogP contribution in [-0.4, -0.2) is 5.11 Å². The van der Waals surface area contributed by atoms with Gasteiger partial charge in [-0.05, 0) is 49.2 Å². The molecular formula is C15H15BrO2. The first kappa shape index (κ1) is 13.1. The van der Waals surface area contributed by atoms with E-state index in [1.165, 1.54) is 0 Å². The number of benzene rings is 2. The Labute approximate surface area is 115 Å². The summed E-state index contributed by atoms with van der Waals surface area (Å²) >= 11 is 3.44. The fraction of sp³-hybridized carbons (Fsp3) is 0.200. The average molecular weight is 307 g/mol. The summed E-state index contributed by atoms with van der Waals surface area (Å²) in [5.41, 5.74) is 2.01. The summed E-state index contributed by atoms with van der Waals surface area (Å²) in [6.45, 7) is 3.76. The average Bonchev–Trinajstić information content (AvgIpc) is 2.28. The molecule has 0 aromatic heterocycles. The Kier molecular flexibility index (Phi) is 4.04. The van der Waals surface area contributed by atoms with Crippen LogP contribution in [0.1, 0.15) is 24.2 Å². The van der Waals surface area contributed by atoms with E-state index in [0.717, 1.165) is 27.1 Å². The standard InChI is InChI=1S/C15H15BrO2/c1-10-4-3-5-12(8-10)18-13-6-7-14(11(2)17)15(16)9-13/h3-9,11,17H,1-2H3. The van der Waals surface area contributed by atoms with E-state index in [1.807, 2.05) is 49.4 Å². The first-order valence-electron chi connectivity index (χ1n) is 5.78. The van der Waals surface area contributed by atoms with Gasteiger partial charge in [0.1, 0.15) is 11.5 Å². The minimum Gasteiger partial charge on any atom is -0.457 e. The van der Waals surface area contributed by atoms with Gasteiger partial charge in [0, 0.05) is 4.47 Å². The van der Waals surface area contributed by atoms with Crippen LogP contribution in [0.3, 0.4) is 0 Å². The summed E-state index contributed by atoms with van der Waals surface area (Å²) in [6, 6.07) is 13.5. The van der Waals surface area contributed by atoms with Gasteiger partial charge in [-0.2, -0.15) is 0 Å². The number of rotatable bonds is 3. The van der Waals surface area contributed by atoms with Gasteiger partial charge < -0.3 is 9.84 Å². The van der Waals surface area contributed by atoms with Gasteiger partial charge in [-0.1, -0.05) is 34.1 Å². The van der Waals surface area contributed by atoms with Gasteiger partial charge in [0.25, 0.3) is 0 Å². The zero-order valence-electron chi connectivity index (χ0n) is 10.4. The second-order valence-electron chi connectivity index (χ2n) is 4.28. The second kappa shape index (κ2) is 5.55. The van der Waals surface area contributed by atoms with E-state index in [4.69, 9.17) is 4.74 Å². The molecule has 0 saturated heterocycles. The molecule has 0 fully saturated rings. The predicted octanol–water partition coefficient (Wildman–Crippen LogP) is 4.60. The van der Waals surface area contributed by atoms with Crippen LogP contribution in [0.15, 0.2) is 46.9 Å². The second-order valence-corrected chi connectivity index (χ2v) is 5.13. The van der Waals surface area contributed by atoms with Crippen molar-refractivity contribution in [3.8, 4) is 11.5 Å². The molecule has 0 aliphatic carbocycles. The van der Waals surface area contributed by atoms with Crippen LogP contribution in [0, 0.1) is 6.92 Å². The lowest BCUT2D eigenvalue weighted by Gasteiger charge is -2.11. The zero-order valence-corrected chi connectivity index (χ0v) is 11.9. The van der Waals surface area contributed by atoms with Crippen LogP contribution < -0.4 is 4.74 Å². The largest absolute Gasteiger partial charge is 0.457 e. The fourth-order valence-electron chi connectivity index (χ4n) is 1.73. The van der Waals surface area contributed by atoms with Crippen molar-refractivity contribution in [2.75, 3.05) is 0 Å². The Bertz CT molecular complexity index is 550. The summed E-state index contributed by atoms with van der Waals surface area (Å²) in [6.07, 6.45) is -0.493. The molecule has 1 atom stereocenters. The monoisotopic (exact) mass is 306 g/mol. The van der Waals surface area contributed by atoms with Crippen molar-refractivity contribution >= 4 is 15.9 Å². The molecular weight excluding hydrogens is 292 g/mol. The summed E-state index contributed by atoms with van der Waals surface area (Å²) < 4.78 is 6.61. The number of halogens is 1. The molecule has 0 bridgehead atoms. The summed E-state index contributed by atoms with van der Waals surface area (Å²) in [5, 5.41) is 9.55. The lowest BCUT2D eigenvalue weighted by Crippen LogP contribution is -1.93. The highest BCUT2D eigenvalue weighted by molar-refractivity contribution is 9.10. The molecule has 0 saturated carbocycles. The maximum absolute atomic E-state index is 9.55. The van der Waals surface area contributed by atoms with Gasteiger partial charge in [0.15, 0.2) is 0 Å². The van der Waals surface area contributed by atoms with Gasteiger partial charge in [-0.25, -0.2) is 0 Å². The van der Waals surface area contributed by atoms with E-state index in [0.29, 0.717) is 0 Å². The van der Waals surface area contributed by atoms with Crippen molar-refractivity contribution in [2.24, 2.45) is 0 Å². The van der Waals surface area contributed by atoms with Crippen LogP contribution in [-0.2, 0) is 0 Å². The number of hydrogen-bond acceptors (Lipinski definition) is 2. The van der Waals surface area contributed by atoms with Gasteiger partial charge in [0.05, 0.1) is 6.10 Å². The molecule has 0 radical (unpaired) electrons. The minimum absolute atomic E-state index is 0.493. The van der Waals surface area contributed by atoms with E-state index in [2.05, 4.69) is 15.9 Å². The number of hydrogen-bond donors (Lipinski definition) is 1. The van der Waals surface area contributed by atoms with Crippen molar-refractivity contribution in [3.05, 3.63) is 58.1 Å². The Morgan fingerprint density at radius 2 is 1.83 bits per heavy atom. The van der Waals surface area contributed by atoms with Gasteiger partial charge in [-0.15, -0.1) is 0 Å². The summed E-state index contributed by atoms with van der Waals surface area (Å²) in [5.74, 6) is 1.56. The molecule has 2 aromatic rings. The van der Waals surface area contributed by atoms with E-state index in [-0.39, 0.29) is 0 Å². The maximum Gasteiger partial charge on any atom is 0.128 e. The van der Waals surface area contributed by atoms with Gasteiger partial charge in [0.2, 0.25) is 0 Å². The highest BCUT2D eigenvalue weighted by Gasteiger charge is 2.07. The molecule has 0 amide bonds. The zero-order chi connectivity index (χ0) is 13.1. The lowest BCUT2D eigenvalue weighted by atomic mass is 10.1. The number of ether oxygens (including phenoxy) is 1. The SMILES string of the molecule is Cc1cccc(Oc2ccc(C(C)O)c(Br)c2)c1. The Balaban J connectivity index is 2.23. The van der Waals surface area contributed by atoms with Crippen LogP contribution in [0.4, 0.5) is 0 Å². The summed E-state index contributed by atoms with van der Waals surface area (Å²) in [7, 11) is 0. The molecule has 2 rings (SSSR count). The first-order chi connectivity index (χ1) is 8.56. The fourth-order valence-corrected chi connectivity index (χ4v) is 2.41. The third-order valence-corrected chi connectivity index (χ3v) is 3.33. The van der Waals surface area contributed by atoms with E-state index in [9.17, 15) is 5.11 Å². The molecule has 1 unspecified atom stereocenters. The lowest BCUT2D eigenvalue weighted by molar-refractivity contribution is 0.198. The van der Waals surface area contributed by atoms with E-state index >= 15 is 0 Å². The van der Waals surface area contributed by atoms with Crippen LogP contribution in [0.5, 0.6) is 11.5 Å². The smallest absolute Gasteiger partial charge is 0.128 e. The molecule has 1 N–H and O–H groups in total. The minimum atomic E-state index is -0.493. The molecule has 0 spiro atoms. The van der Waals surface area contributed by atoms with Gasteiger partial charge in [-0.3, -0.25) is 0 Å². The number of aliphatic hydroxyl groups is 1. The van der Waals surface area contributed by atoms with Crippen molar-refractivity contribution in [1.29, 1.82) is 0 Å². The quantitative estimate of drug-likeness (QED) is 0.897. The highest BCUT2D eigenvalue weighted by atomic mass is 79.9. The summed E-state index contributed by atoms with van der Waals surface area (Å²) in [4.78, 5) is 0. The molecule has 0 heterocycles. The Morgan fingerprint density at radius 1 is 1.11 bits per heavy atom. The normalized spacial score (nSPS) is 12.2. The molecule has 94 valence electrons. The molecule has 0 aliphatic heterocycles. The Hall–Kier alpha value is -1.32. The molecule has 2 aromatic carbocycles. The Morgan fingerprint density at radius 3 is 2.44 bits per heavy atom. The van der Waals surface area contributed by atoms with Crippen LogP contribution in [0.25, 0.3) is 0 Å². The third kappa shape index (κ3) is 3.12. The predicted molar refractivity (Wildman–Crippen MR) is 76.0 cm³/mol. The van der Waals surface area contributed by atoms with Crippen molar-refractivity contribution in [1.82, 2.24) is 0 Å². The van der Waals surface area contributed by atoms with Crippen molar-refractivity contribution < 1.29 is 9.84 Å². The van der Waals surface area contributed by atoms with E-state index < -0.39 is 6.10 Å². The molecule has 18 heavy (non-hydrogen) atoms. The van der Waals surface area contributed by atoms with Crippen LogP contribution >= 0.6 is 15.9 Å². The van der Waals surface area contributed by atoms with Crippen molar-refractivity contribution in [2.45, 2.75) is 20.0 Å². The topological polar surface area (TPSA) is 29.5 Å². The maximum atomic E-state index is 9.55. The van der Waals surface area contributed by atoms with Gasteiger partial charge >= 0.3 is 0 Å². The first-order valence-corrected chi connectivity index (χ1v) is 6.57. The molecule has 3 heteroatoms. The number of aryl methyl sites for hydroxylation is 1. The highest BCUT2D eigenvalue weighted by Crippen LogP contribution is 2.30.